The molecule has 1 N–H and O–H groups in total. The highest BCUT2D eigenvalue weighted by molar-refractivity contribution is 5.38. The summed E-state index contributed by atoms with van der Waals surface area (Å²) in [6.07, 6.45) is 2.67. The zero-order chi connectivity index (χ0) is 12.5. The average molecular weight is 238 g/mol. The maximum Gasteiger partial charge on any atom is 0.194 e. The highest BCUT2D eigenvalue weighted by Gasteiger charge is 2.56. The van der Waals surface area contributed by atoms with Crippen molar-refractivity contribution in [2.24, 2.45) is 5.41 Å². The summed E-state index contributed by atoms with van der Waals surface area (Å²) in [4.78, 5) is 0. The average Bonchev–Trinajstić information content (AvgIpc) is 2.49. The minimum absolute atomic E-state index is 0.0503. The summed E-state index contributed by atoms with van der Waals surface area (Å²) in [5.74, 6) is -1.07. The van der Waals surface area contributed by atoms with Gasteiger partial charge in [-0.2, -0.15) is 0 Å². The minimum Gasteiger partial charge on any atom is -0.368 e. The molecule has 0 aromatic heterocycles. The lowest BCUT2D eigenvalue weighted by Gasteiger charge is -2.48. The van der Waals surface area contributed by atoms with E-state index in [9.17, 15) is 5.11 Å². The van der Waals surface area contributed by atoms with Crippen molar-refractivity contribution >= 4 is 0 Å². The van der Waals surface area contributed by atoms with Gasteiger partial charge in [0.25, 0.3) is 0 Å². The smallest absolute Gasteiger partial charge is 0.194 e. The Morgan fingerprint density at radius 1 is 1.24 bits per heavy atom. The van der Waals surface area contributed by atoms with Crippen LogP contribution < -0.4 is 0 Å². The lowest BCUT2D eigenvalue weighted by atomic mass is 9.69. The zero-order valence-corrected chi connectivity index (χ0v) is 11.2. The standard InChI is InChI=1S/C14H22O3/c1-12(2)6-5-10-11-9(12)7-16-14(11,15)8-13(3,4)17-10/h10,15H,5-8H2,1-4H3/t10-,14-/m1/s1. The van der Waals surface area contributed by atoms with Gasteiger partial charge < -0.3 is 14.6 Å². The van der Waals surface area contributed by atoms with Gasteiger partial charge in [0, 0.05) is 12.0 Å². The van der Waals surface area contributed by atoms with E-state index in [0.717, 1.165) is 18.4 Å². The molecule has 0 bridgehead atoms. The summed E-state index contributed by atoms with van der Waals surface area (Å²) in [7, 11) is 0. The van der Waals surface area contributed by atoms with Crippen molar-refractivity contribution < 1.29 is 14.6 Å². The largest absolute Gasteiger partial charge is 0.368 e. The molecule has 0 aromatic carbocycles. The monoisotopic (exact) mass is 238 g/mol. The summed E-state index contributed by atoms with van der Waals surface area (Å²) in [5, 5.41) is 10.7. The first-order chi connectivity index (χ1) is 7.74. The number of hydrogen-bond acceptors (Lipinski definition) is 3. The van der Waals surface area contributed by atoms with Crippen molar-refractivity contribution in [1.29, 1.82) is 0 Å². The molecule has 0 spiro atoms. The maximum atomic E-state index is 10.7. The van der Waals surface area contributed by atoms with E-state index in [1.165, 1.54) is 5.57 Å². The summed E-state index contributed by atoms with van der Waals surface area (Å²) < 4.78 is 11.9. The minimum atomic E-state index is -1.07. The molecule has 0 aromatic rings. The van der Waals surface area contributed by atoms with Crippen LogP contribution in [-0.2, 0) is 9.47 Å². The number of rotatable bonds is 0. The van der Waals surface area contributed by atoms with Gasteiger partial charge in [-0.05, 0) is 37.7 Å². The second-order valence-electron chi connectivity index (χ2n) is 6.93. The second-order valence-corrected chi connectivity index (χ2v) is 6.93. The van der Waals surface area contributed by atoms with Crippen LogP contribution in [0.15, 0.2) is 11.1 Å². The molecule has 0 amide bonds. The highest BCUT2D eigenvalue weighted by Crippen LogP contribution is 2.54. The van der Waals surface area contributed by atoms with E-state index in [2.05, 4.69) is 13.8 Å². The van der Waals surface area contributed by atoms with Crippen molar-refractivity contribution in [2.45, 2.75) is 64.4 Å². The molecule has 0 unspecified atom stereocenters. The van der Waals surface area contributed by atoms with E-state index < -0.39 is 5.79 Å². The van der Waals surface area contributed by atoms with E-state index in [1.807, 2.05) is 13.8 Å². The van der Waals surface area contributed by atoms with E-state index in [1.54, 1.807) is 0 Å². The Labute approximate surface area is 103 Å². The van der Waals surface area contributed by atoms with Crippen LogP contribution in [-0.4, -0.2) is 29.2 Å². The molecule has 1 saturated heterocycles. The molecule has 3 heteroatoms. The van der Waals surface area contributed by atoms with Crippen LogP contribution in [0.4, 0.5) is 0 Å². The Hall–Kier alpha value is -0.380. The summed E-state index contributed by atoms with van der Waals surface area (Å²) in [5.41, 5.74) is 2.14. The number of aliphatic hydroxyl groups is 1. The first-order valence-corrected chi connectivity index (χ1v) is 6.52. The molecule has 2 aliphatic heterocycles. The first kappa shape index (κ1) is 11.7. The van der Waals surface area contributed by atoms with Gasteiger partial charge >= 0.3 is 0 Å². The Balaban J connectivity index is 2.09. The third kappa shape index (κ3) is 1.60. The molecule has 1 aliphatic carbocycles. The van der Waals surface area contributed by atoms with E-state index in [-0.39, 0.29) is 17.1 Å². The zero-order valence-electron chi connectivity index (χ0n) is 11.2. The maximum absolute atomic E-state index is 10.7. The molecule has 2 atom stereocenters. The van der Waals surface area contributed by atoms with E-state index in [0.29, 0.717) is 13.0 Å². The topological polar surface area (TPSA) is 38.7 Å². The summed E-state index contributed by atoms with van der Waals surface area (Å²) in [6, 6.07) is 0. The van der Waals surface area contributed by atoms with Gasteiger partial charge in [0.2, 0.25) is 0 Å². The van der Waals surface area contributed by atoms with Crippen molar-refractivity contribution in [1.82, 2.24) is 0 Å². The molecule has 0 saturated carbocycles. The molecular formula is C14H22O3. The molecule has 1 fully saturated rings. The van der Waals surface area contributed by atoms with Crippen LogP contribution in [0.3, 0.4) is 0 Å². The number of ether oxygens (including phenoxy) is 2. The van der Waals surface area contributed by atoms with Crippen LogP contribution in [0.1, 0.15) is 47.0 Å². The lowest BCUT2D eigenvalue weighted by molar-refractivity contribution is -0.236. The third-order valence-corrected chi connectivity index (χ3v) is 4.50. The predicted octanol–water partition coefficient (Wildman–Crippen LogP) is 2.39. The SMILES string of the molecule is CC1(C)C[C@@]2(O)OCC3=C2[C@@H](CCC3(C)C)O1. The molecule has 96 valence electrons. The quantitative estimate of drug-likeness (QED) is 0.659. The van der Waals surface area contributed by atoms with Crippen molar-refractivity contribution in [3.63, 3.8) is 0 Å². The van der Waals surface area contributed by atoms with Crippen LogP contribution in [0, 0.1) is 5.41 Å². The van der Waals surface area contributed by atoms with Gasteiger partial charge in [-0.15, -0.1) is 0 Å². The molecule has 3 aliphatic rings. The fraction of sp³-hybridized carbons (Fsp3) is 0.857. The lowest BCUT2D eigenvalue weighted by Crippen LogP contribution is -2.52. The highest BCUT2D eigenvalue weighted by atomic mass is 16.6. The van der Waals surface area contributed by atoms with Crippen molar-refractivity contribution in [3.8, 4) is 0 Å². The summed E-state index contributed by atoms with van der Waals surface area (Å²) in [6.45, 7) is 9.10. The van der Waals surface area contributed by atoms with Gasteiger partial charge in [0.05, 0.1) is 18.3 Å². The first-order valence-electron chi connectivity index (χ1n) is 6.52. The molecular weight excluding hydrogens is 216 g/mol. The molecule has 2 heterocycles. The van der Waals surface area contributed by atoms with Gasteiger partial charge in [-0.25, -0.2) is 0 Å². The van der Waals surface area contributed by atoms with Crippen molar-refractivity contribution in [3.05, 3.63) is 11.1 Å². The van der Waals surface area contributed by atoms with Crippen LogP contribution in [0.2, 0.25) is 0 Å². The van der Waals surface area contributed by atoms with Crippen LogP contribution in [0.25, 0.3) is 0 Å². The van der Waals surface area contributed by atoms with Gasteiger partial charge in [-0.3, -0.25) is 0 Å². The van der Waals surface area contributed by atoms with Gasteiger partial charge in [0.1, 0.15) is 0 Å². The van der Waals surface area contributed by atoms with E-state index >= 15 is 0 Å². The third-order valence-electron chi connectivity index (χ3n) is 4.50. The van der Waals surface area contributed by atoms with E-state index in [4.69, 9.17) is 9.47 Å². The number of hydrogen-bond donors (Lipinski definition) is 1. The second kappa shape index (κ2) is 3.14. The fourth-order valence-electron chi connectivity index (χ4n) is 3.64. The predicted molar refractivity (Wildman–Crippen MR) is 64.5 cm³/mol. The molecule has 3 rings (SSSR count). The molecule has 0 radical (unpaired) electrons. The molecule has 3 nitrogen and oxygen atoms in total. The normalized spacial score (nSPS) is 42.5. The Bertz CT molecular complexity index is 394. The Morgan fingerprint density at radius 3 is 2.65 bits per heavy atom. The Kier molecular flexibility index (Phi) is 2.16. The fourth-order valence-corrected chi connectivity index (χ4v) is 3.64. The van der Waals surface area contributed by atoms with Gasteiger partial charge in [-0.1, -0.05) is 13.8 Å². The van der Waals surface area contributed by atoms with Gasteiger partial charge in [0.15, 0.2) is 5.79 Å². The summed E-state index contributed by atoms with van der Waals surface area (Å²) >= 11 is 0. The molecule has 17 heavy (non-hydrogen) atoms. The van der Waals surface area contributed by atoms with Crippen molar-refractivity contribution in [2.75, 3.05) is 6.61 Å². The van der Waals surface area contributed by atoms with Crippen LogP contribution in [0.5, 0.6) is 0 Å². The van der Waals surface area contributed by atoms with Crippen LogP contribution >= 0.6 is 0 Å². The Morgan fingerprint density at radius 2 is 1.94 bits per heavy atom.